The van der Waals surface area contributed by atoms with Gasteiger partial charge in [0, 0.05) is 30.8 Å². The number of hydrogen-bond donors (Lipinski definition) is 3. The second kappa shape index (κ2) is 8.51. The lowest BCUT2D eigenvalue weighted by atomic mass is 9.76. The third-order valence-corrected chi connectivity index (χ3v) is 6.70. The normalized spacial score (nSPS) is 26.2. The predicted molar refractivity (Wildman–Crippen MR) is 112 cm³/mol. The molecule has 0 bridgehead atoms. The molecule has 2 unspecified atom stereocenters. The monoisotopic (exact) mass is 398 g/mol. The molecule has 0 radical (unpaired) electrons. The maximum absolute atomic E-state index is 12.4. The van der Waals surface area contributed by atoms with Crippen LogP contribution in [-0.2, 0) is 4.79 Å². The Balaban J connectivity index is 1.40. The van der Waals surface area contributed by atoms with Crippen molar-refractivity contribution in [3.63, 3.8) is 0 Å². The number of carbonyl (C=O) groups is 1. The van der Waals surface area contributed by atoms with Gasteiger partial charge in [-0.3, -0.25) is 9.80 Å². The van der Waals surface area contributed by atoms with E-state index < -0.39 is 0 Å². The van der Waals surface area contributed by atoms with Crippen LogP contribution in [0.3, 0.4) is 0 Å². The summed E-state index contributed by atoms with van der Waals surface area (Å²) < 4.78 is 0. The Morgan fingerprint density at radius 3 is 2.76 bits per heavy atom. The molecule has 2 heterocycles. The van der Waals surface area contributed by atoms with Gasteiger partial charge in [-0.1, -0.05) is 29.4 Å². The Hall–Kier alpha value is -2.45. The first-order valence-electron chi connectivity index (χ1n) is 10.5. The molecule has 1 fully saturated rings. The van der Waals surface area contributed by atoms with Crippen molar-refractivity contribution in [2.75, 3.05) is 19.8 Å². The number of hydrazine groups is 1. The van der Waals surface area contributed by atoms with Crippen LogP contribution in [0.4, 0.5) is 0 Å². The molecule has 2 atom stereocenters. The summed E-state index contributed by atoms with van der Waals surface area (Å²) in [5, 5.41) is 8.08. The molecule has 5 N–H and O–H groups in total. The molecule has 2 aliphatic heterocycles. The van der Waals surface area contributed by atoms with Gasteiger partial charge in [0.15, 0.2) is 0 Å². The molecule has 1 aliphatic carbocycles. The number of benzene rings is 1. The molecule has 3 aliphatic rings. The smallest absolute Gasteiger partial charge is 0.239 e. The number of rotatable bonds is 7. The number of hydrogen-bond acceptors (Lipinski definition) is 7. The quantitative estimate of drug-likeness (QED) is 0.279. The Bertz CT molecular complexity index is 789. The van der Waals surface area contributed by atoms with Crippen molar-refractivity contribution in [1.29, 1.82) is 0 Å². The van der Waals surface area contributed by atoms with Crippen LogP contribution in [0.25, 0.3) is 5.70 Å². The van der Waals surface area contributed by atoms with Crippen LogP contribution >= 0.6 is 0 Å². The zero-order chi connectivity index (χ0) is 20.4. The average Bonchev–Trinajstić information content (AvgIpc) is 3.34. The number of nitrogens with two attached hydrogens (primary N) is 2. The number of nitrogens with one attached hydrogen (secondary N) is 1. The minimum Gasteiger partial charge on any atom is -0.372 e. The lowest BCUT2D eigenvalue weighted by molar-refractivity contribution is -0.137. The van der Waals surface area contributed by atoms with Crippen LogP contribution in [0.1, 0.15) is 49.3 Å². The van der Waals surface area contributed by atoms with Crippen molar-refractivity contribution >= 4 is 11.6 Å². The van der Waals surface area contributed by atoms with E-state index in [0.29, 0.717) is 19.5 Å². The highest BCUT2D eigenvalue weighted by Gasteiger charge is 2.40. The summed E-state index contributed by atoms with van der Waals surface area (Å²) in [6, 6.07) is 8.32. The third-order valence-electron chi connectivity index (χ3n) is 6.70. The van der Waals surface area contributed by atoms with E-state index in [-0.39, 0.29) is 29.8 Å². The van der Waals surface area contributed by atoms with E-state index in [2.05, 4.69) is 45.9 Å². The van der Waals surface area contributed by atoms with Crippen molar-refractivity contribution in [1.82, 2.24) is 15.2 Å². The van der Waals surface area contributed by atoms with Crippen LogP contribution in [0.5, 0.6) is 0 Å². The minimum absolute atomic E-state index is 0.0350. The molecule has 0 aromatic heterocycles. The van der Waals surface area contributed by atoms with Crippen LogP contribution < -0.4 is 16.9 Å². The van der Waals surface area contributed by atoms with Gasteiger partial charge >= 0.3 is 0 Å². The number of amides is 1. The summed E-state index contributed by atoms with van der Waals surface area (Å²) in [6.45, 7) is 1.49. The standard InChI is InChI=1S/C21H30N6O2/c22-9-10-27(23)21(28)15-7-5-14(6-8-15)18(25-29)11-19-16-3-1-2-4-17(16)20-12-24-13-26(19)20/h1-4,12,14-15,18-19,24H,5-11,13,22-23H2. The Morgan fingerprint density at radius 1 is 1.28 bits per heavy atom. The lowest BCUT2D eigenvalue weighted by Gasteiger charge is -2.34. The van der Waals surface area contributed by atoms with E-state index in [4.69, 9.17) is 11.6 Å². The fraction of sp³-hybridized carbons (Fsp3) is 0.571. The summed E-state index contributed by atoms with van der Waals surface area (Å²) in [5.74, 6) is 5.91. The fourth-order valence-corrected chi connectivity index (χ4v) is 5.15. The van der Waals surface area contributed by atoms with Gasteiger partial charge in [0.1, 0.15) is 0 Å². The summed E-state index contributed by atoms with van der Waals surface area (Å²) in [6.07, 6.45) is 5.94. The van der Waals surface area contributed by atoms with Crippen molar-refractivity contribution in [2.45, 2.75) is 44.2 Å². The molecule has 29 heavy (non-hydrogen) atoms. The summed E-state index contributed by atoms with van der Waals surface area (Å²) >= 11 is 0. The van der Waals surface area contributed by atoms with Gasteiger partial charge in [0.2, 0.25) is 5.91 Å². The largest absolute Gasteiger partial charge is 0.372 e. The molecule has 1 aromatic rings. The van der Waals surface area contributed by atoms with Crippen LogP contribution in [-0.4, -0.2) is 41.6 Å². The van der Waals surface area contributed by atoms with E-state index >= 15 is 0 Å². The first kappa shape index (κ1) is 19.8. The highest BCUT2D eigenvalue weighted by molar-refractivity contribution is 5.78. The Labute approximate surface area is 171 Å². The second-order valence-corrected chi connectivity index (χ2v) is 8.31. The number of fused-ring (bicyclic) bond motifs is 3. The molecule has 4 rings (SSSR count). The SMILES string of the molecule is NCCN(N)C(=O)C1CCC(C(CC2c3ccccc3C3=CNCN32)N=O)CC1. The second-order valence-electron chi connectivity index (χ2n) is 8.31. The van der Waals surface area contributed by atoms with Gasteiger partial charge in [-0.25, -0.2) is 5.84 Å². The van der Waals surface area contributed by atoms with E-state index in [1.165, 1.54) is 21.8 Å². The Kier molecular flexibility index (Phi) is 5.82. The molecule has 0 spiro atoms. The zero-order valence-corrected chi connectivity index (χ0v) is 16.7. The van der Waals surface area contributed by atoms with E-state index in [1.807, 2.05) is 0 Å². The molecule has 0 saturated heterocycles. The topological polar surface area (TPSA) is 117 Å². The predicted octanol–water partition coefficient (Wildman–Crippen LogP) is 1.89. The van der Waals surface area contributed by atoms with Crippen molar-refractivity contribution in [3.8, 4) is 0 Å². The van der Waals surface area contributed by atoms with Crippen LogP contribution in [0, 0.1) is 16.7 Å². The van der Waals surface area contributed by atoms with E-state index in [1.54, 1.807) is 0 Å². The fourth-order valence-electron chi connectivity index (χ4n) is 5.15. The highest BCUT2D eigenvalue weighted by atomic mass is 16.3. The molecule has 1 saturated carbocycles. The van der Waals surface area contributed by atoms with Crippen LogP contribution in [0.2, 0.25) is 0 Å². The molecule has 1 amide bonds. The van der Waals surface area contributed by atoms with Gasteiger partial charge in [-0.15, -0.1) is 0 Å². The van der Waals surface area contributed by atoms with E-state index in [0.717, 1.165) is 32.4 Å². The molecule has 1 aromatic carbocycles. The third kappa shape index (κ3) is 3.74. The van der Waals surface area contributed by atoms with Gasteiger partial charge in [-0.05, 0) is 43.6 Å². The number of nitrogens with zero attached hydrogens (tertiary/aromatic N) is 3. The summed E-state index contributed by atoms with van der Waals surface area (Å²) in [4.78, 5) is 26.5. The first-order valence-corrected chi connectivity index (χ1v) is 10.5. The molecule has 8 heteroatoms. The number of nitroso groups, excluding NO2 is 1. The van der Waals surface area contributed by atoms with Crippen molar-refractivity contribution in [3.05, 3.63) is 46.5 Å². The summed E-state index contributed by atoms with van der Waals surface area (Å²) in [5.41, 5.74) is 9.21. The van der Waals surface area contributed by atoms with Crippen molar-refractivity contribution < 1.29 is 4.79 Å². The number of carbonyl (C=O) groups excluding carboxylic acids is 1. The summed E-state index contributed by atoms with van der Waals surface area (Å²) in [7, 11) is 0. The zero-order valence-electron chi connectivity index (χ0n) is 16.7. The van der Waals surface area contributed by atoms with E-state index in [9.17, 15) is 9.70 Å². The van der Waals surface area contributed by atoms with Gasteiger partial charge < -0.3 is 16.0 Å². The molecule has 156 valence electrons. The molecular weight excluding hydrogens is 368 g/mol. The Morgan fingerprint density at radius 2 is 2.03 bits per heavy atom. The van der Waals surface area contributed by atoms with Gasteiger partial charge in [0.05, 0.1) is 24.4 Å². The minimum atomic E-state index is -0.248. The maximum atomic E-state index is 12.4. The molecule has 8 nitrogen and oxygen atoms in total. The lowest BCUT2D eigenvalue weighted by Crippen LogP contribution is -2.45. The van der Waals surface area contributed by atoms with Gasteiger partial charge in [0.25, 0.3) is 0 Å². The average molecular weight is 399 g/mol. The molecular formula is C21H30N6O2. The van der Waals surface area contributed by atoms with Gasteiger partial charge in [-0.2, -0.15) is 4.91 Å². The maximum Gasteiger partial charge on any atom is 0.239 e. The van der Waals surface area contributed by atoms with Crippen molar-refractivity contribution in [2.24, 2.45) is 28.6 Å². The van der Waals surface area contributed by atoms with Crippen LogP contribution in [0.15, 0.2) is 35.6 Å². The highest BCUT2D eigenvalue weighted by Crippen LogP contribution is 2.46. The first-order chi connectivity index (χ1) is 14.1.